The number of hydrogen-bond donors (Lipinski definition) is 3. The Balaban J connectivity index is 1.56. The Morgan fingerprint density at radius 2 is 2.06 bits per heavy atom. The minimum absolute atomic E-state index is 0.124. The number of esters is 1. The molecule has 4 aliphatic rings. The van der Waals surface area contributed by atoms with Gasteiger partial charge >= 0.3 is 5.97 Å². The van der Waals surface area contributed by atoms with Gasteiger partial charge in [-0.2, -0.15) is 0 Å². The highest BCUT2D eigenvalue weighted by Gasteiger charge is 2.51. The molecule has 5 rings (SSSR count). The molecule has 0 spiro atoms. The van der Waals surface area contributed by atoms with Crippen LogP contribution in [0, 0.1) is 0 Å². The summed E-state index contributed by atoms with van der Waals surface area (Å²) in [6.45, 7) is 6.35. The molecule has 0 saturated heterocycles. The lowest BCUT2D eigenvalue weighted by Crippen LogP contribution is -2.48. The predicted molar refractivity (Wildman–Crippen MR) is 117 cm³/mol. The van der Waals surface area contributed by atoms with Crippen molar-refractivity contribution in [2.75, 3.05) is 20.7 Å². The largest absolute Gasteiger partial charge is 0.508 e. The van der Waals surface area contributed by atoms with Gasteiger partial charge < -0.3 is 25.2 Å². The zero-order valence-corrected chi connectivity index (χ0v) is 18.3. The molecule has 0 aromatic heterocycles. The number of allylic oxidation sites excluding steroid dienone is 2. The van der Waals surface area contributed by atoms with Crippen molar-refractivity contribution in [1.29, 1.82) is 0 Å². The van der Waals surface area contributed by atoms with Crippen molar-refractivity contribution in [2.45, 2.75) is 31.9 Å². The number of Topliss-reactive ketones (excluding diaryl/α,β-unsaturated/α-hetero) is 1. The average molecular weight is 435 g/mol. The minimum atomic E-state index is -1.80. The third-order valence-corrected chi connectivity index (χ3v) is 6.54. The number of nitrogens with one attached hydrogen (secondary N) is 1. The van der Waals surface area contributed by atoms with Crippen LogP contribution in [0.3, 0.4) is 0 Å². The summed E-state index contributed by atoms with van der Waals surface area (Å²) in [5.41, 5.74) is 2.99. The van der Waals surface area contributed by atoms with E-state index in [0.717, 1.165) is 16.7 Å². The van der Waals surface area contributed by atoms with E-state index in [2.05, 4.69) is 11.9 Å². The summed E-state index contributed by atoms with van der Waals surface area (Å²) in [6.07, 6.45) is 2.23. The standard InChI is InChI=1S/C24H25N3O5/c1-5-24(31)17-9-18-21(22(29)16(17)11-32-23(24)30)27-12(2)15-6-14(10-26(3)4)19(28)7-13(15)8-20(27)25-18/h6-8,25,28,31H,2,5,9-11H2,1,3-4H3/t24-/m0/s1. The first-order chi connectivity index (χ1) is 15.2. The Morgan fingerprint density at radius 3 is 2.75 bits per heavy atom. The number of aliphatic hydroxyl groups is 1. The number of hydrogen-bond acceptors (Lipinski definition) is 8. The number of carbonyl (C=O) groups is 2. The number of rotatable bonds is 3. The van der Waals surface area contributed by atoms with Crippen LogP contribution in [0.15, 0.2) is 47.1 Å². The van der Waals surface area contributed by atoms with Gasteiger partial charge in [-0.05, 0) is 49.9 Å². The van der Waals surface area contributed by atoms with E-state index in [-0.39, 0.29) is 31.0 Å². The molecule has 0 fully saturated rings. The van der Waals surface area contributed by atoms with Crippen molar-refractivity contribution >= 4 is 23.5 Å². The fraction of sp³-hybridized carbons (Fsp3) is 0.333. The average Bonchev–Trinajstić information content (AvgIpc) is 3.11. The SMILES string of the molecule is C=C1c2cc(CN(C)C)c(O)cc2C=C2NC3=C(C(=O)C4=C(C3)[C@@](O)(CC)C(=O)OC4)N12. The smallest absolute Gasteiger partial charge is 0.342 e. The van der Waals surface area contributed by atoms with Gasteiger partial charge in [-0.3, -0.25) is 9.69 Å². The Morgan fingerprint density at radius 1 is 1.31 bits per heavy atom. The highest BCUT2D eigenvalue weighted by atomic mass is 16.6. The van der Waals surface area contributed by atoms with Gasteiger partial charge in [0, 0.05) is 41.1 Å². The van der Waals surface area contributed by atoms with E-state index in [1.54, 1.807) is 17.9 Å². The second kappa shape index (κ2) is 6.82. The Kier molecular flexibility index (Phi) is 4.38. The van der Waals surface area contributed by atoms with E-state index in [0.29, 0.717) is 40.6 Å². The van der Waals surface area contributed by atoms with Crippen LogP contribution < -0.4 is 5.32 Å². The fourth-order valence-electron chi connectivity index (χ4n) is 4.88. The maximum atomic E-state index is 13.5. The normalized spacial score (nSPS) is 24.1. The van der Waals surface area contributed by atoms with Crippen LogP contribution in [0.25, 0.3) is 11.8 Å². The molecule has 1 aliphatic carbocycles. The van der Waals surface area contributed by atoms with Crippen molar-refractivity contribution in [3.8, 4) is 5.75 Å². The number of carbonyl (C=O) groups excluding carboxylic acids is 2. The lowest BCUT2D eigenvalue weighted by molar-refractivity contribution is -0.163. The second-order valence-corrected chi connectivity index (χ2v) is 8.82. The van der Waals surface area contributed by atoms with Crippen molar-refractivity contribution in [2.24, 2.45) is 0 Å². The molecule has 3 aliphatic heterocycles. The summed E-state index contributed by atoms with van der Waals surface area (Å²) >= 11 is 0. The number of aromatic hydroxyl groups is 1. The number of phenols is 1. The number of phenolic OH excluding ortho intramolecular Hbond substituents is 1. The van der Waals surface area contributed by atoms with Gasteiger partial charge in [0.15, 0.2) is 5.60 Å². The predicted octanol–water partition coefficient (Wildman–Crippen LogP) is 1.82. The summed E-state index contributed by atoms with van der Waals surface area (Å²) in [4.78, 5) is 29.5. The molecule has 0 radical (unpaired) electrons. The quantitative estimate of drug-likeness (QED) is 0.618. The zero-order chi connectivity index (χ0) is 22.9. The molecule has 32 heavy (non-hydrogen) atoms. The van der Waals surface area contributed by atoms with Crippen LogP contribution in [-0.4, -0.2) is 58.1 Å². The van der Waals surface area contributed by atoms with E-state index < -0.39 is 11.6 Å². The van der Waals surface area contributed by atoms with Crippen molar-refractivity contribution in [3.05, 3.63) is 63.8 Å². The van der Waals surface area contributed by atoms with Crippen LogP contribution >= 0.6 is 0 Å². The lowest BCUT2D eigenvalue weighted by atomic mass is 9.78. The van der Waals surface area contributed by atoms with E-state index in [9.17, 15) is 19.8 Å². The zero-order valence-electron chi connectivity index (χ0n) is 18.3. The Hall–Kier alpha value is -3.36. The monoisotopic (exact) mass is 435 g/mol. The highest BCUT2D eigenvalue weighted by Crippen LogP contribution is 2.47. The maximum absolute atomic E-state index is 13.5. The summed E-state index contributed by atoms with van der Waals surface area (Å²) in [7, 11) is 3.85. The first-order valence-electron chi connectivity index (χ1n) is 10.5. The number of benzene rings is 1. The number of cyclic esters (lactones) is 1. The number of fused-ring (bicyclic) bond motifs is 3. The summed E-state index contributed by atoms with van der Waals surface area (Å²) in [5, 5.41) is 24.7. The van der Waals surface area contributed by atoms with Crippen molar-refractivity contribution in [1.82, 2.24) is 15.1 Å². The van der Waals surface area contributed by atoms with Crippen LogP contribution in [0.2, 0.25) is 0 Å². The minimum Gasteiger partial charge on any atom is -0.508 e. The topological polar surface area (TPSA) is 102 Å². The third kappa shape index (κ3) is 2.69. The molecule has 1 aromatic rings. The van der Waals surface area contributed by atoms with Gasteiger partial charge in [0.1, 0.15) is 23.9 Å². The van der Waals surface area contributed by atoms with E-state index in [1.165, 1.54) is 0 Å². The van der Waals surface area contributed by atoms with Gasteiger partial charge in [0.05, 0.1) is 0 Å². The van der Waals surface area contributed by atoms with Crippen molar-refractivity contribution in [3.63, 3.8) is 0 Å². The molecular weight excluding hydrogens is 410 g/mol. The second-order valence-electron chi connectivity index (χ2n) is 8.82. The molecule has 3 heterocycles. The van der Waals surface area contributed by atoms with E-state index in [1.807, 2.05) is 31.1 Å². The number of nitrogens with zero attached hydrogens (tertiary/aromatic N) is 2. The molecule has 166 valence electrons. The molecule has 1 aromatic carbocycles. The molecule has 3 N–H and O–H groups in total. The molecule has 1 atom stereocenters. The van der Waals surface area contributed by atoms with Gasteiger partial charge in [0.2, 0.25) is 5.78 Å². The van der Waals surface area contributed by atoms with Crippen LogP contribution in [0.1, 0.15) is 36.5 Å². The Bertz CT molecular complexity index is 1210. The summed E-state index contributed by atoms with van der Waals surface area (Å²) < 4.78 is 5.16. The Labute approximate surface area is 185 Å². The molecular formula is C24H25N3O5. The summed E-state index contributed by atoms with van der Waals surface area (Å²) in [6, 6.07) is 3.60. The third-order valence-electron chi connectivity index (χ3n) is 6.54. The van der Waals surface area contributed by atoms with Gasteiger partial charge in [-0.15, -0.1) is 0 Å². The molecule has 8 heteroatoms. The first-order valence-corrected chi connectivity index (χ1v) is 10.5. The van der Waals surface area contributed by atoms with Crippen LogP contribution in [0.4, 0.5) is 0 Å². The molecule has 8 nitrogen and oxygen atoms in total. The highest BCUT2D eigenvalue weighted by molar-refractivity contribution is 6.14. The van der Waals surface area contributed by atoms with Crippen LogP contribution in [-0.2, 0) is 20.9 Å². The number of ketones is 1. The van der Waals surface area contributed by atoms with Crippen LogP contribution in [0.5, 0.6) is 5.75 Å². The summed E-state index contributed by atoms with van der Waals surface area (Å²) in [5.74, 6) is -0.157. The van der Waals surface area contributed by atoms with E-state index >= 15 is 0 Å². The van der Waals surface area contributed by atoms with E-state index in [4.69, 9.17) is 4.74 Å². The van der Waals surface area contributed by atoms with Gasteiger partial charge in [-0.25, -0.2) is 4.79 Å². The molecule has 0 unspecified atom stereocenters. The molecule has 0 bridgehead atoms. The lowest BCUT2D eigenvalue weighted by Gasteiger charge is -2.37. The van der Waals surface area contributed by atoms with Crippen molar-refractivity contribution < 1.29 is 24.5 Å². The van der Waals surface area contributed by atoms with Gasteiger partial charge in [0.25, 0.3) is 0 Å². The molecule has 0 amide bonds. The first kappa shape index (κ1) is 20.5. The fourth-order valence-corrected chi connectivity index (χ4v) is 4.88. The number of ether oxygens (including phenoxy) is 1. The maximum Gasteiger partial charge on any atom is 0.342 e. The van der Waals surface area contributed by atoms with Gasteiger partial charge in [-0.1, -0.05) is 13.5 Å². The molecule has 0 saturated carbocycles.